The molecule has 7 heteroatoms. The Hall–Kier alpha value is -1.92. The van der Waals surface area contributed by atoms with E-state index < -0.39 is 29.7 Å². The minimum absolute atomic E-state index is 0.167. The predicted molar refractivity (Wildman–Crippen MR) is 90.8 cm³/mol. The lowest BCUT2D eigenvalue weighted by Crippen LogP contribution is -2.60. The van der Waals surface area contributed by atoms with Crippen LogP contribution in [0.2, 0.25) is 0 Å². The molecule has 0 aromatic heterocycles. The highest BCUT2D eigenvalue weighted by atomic mass is 19.4. The van der Waals surface area contributed by atoms with Crippen molar-refractivity contribution in [3.8, 4) is 5.75 Å². The Morgan fingerprint density at radius 3 is 2.08 bits per heavy atom. The molecule has 0 radical (unpaired) electrons. The van der Waals surface area contributed by atoms with Gasteiger partial charge in [-0.25, -0.2) is 4.79 Å². The third kappa shape index (κ3) is 5.54. The number of unbranched alkanes of at least 4 members (excludes halogenated alkanes) is 1. The number of halogens is 3. The van der Waals surface area contributed by atoms with Gasteiger partial charge in [0.05, 0.1) is 7.11 Å². The molecule has 0 spiro atoms. The van der Waals surface area contributed by atoms with Gasteiger partial charge in [0.15, 0.2) is 0 Å². The van der Waals surface area contributed by atoms with Gasteiger partial charge >= 0.3 is 12.1 Å². The summed E-state index contributed by atoms with van der Waals surface area (Å²) in [5, 5.41) is 2.39. The molecule has 0 bridgehead atoms. The van der Waals surface area contributed by atoms with E-state index in [1.165, 1.54) is 31.4 Å². The average molecular weight is 361 g/mol. The monoisotopic (exact) mass is 361 g/mol. The largest absolute Gasteiger partial charge is 0.497 e. The van der Waals surface area contributed by atoms with Crippen LogP contribution in [0.25, 0.3) is 0 Å². The second-order valence-electron chi connectivity index (χ2n) is 6.86. The molecular formula is C18H26F3NO3. The van der Waals surface area contributed by atoms with Crippen molar-refractivity contribution in [2.75, 3.05) is 12.4 Å². The zero-order valence-electron chi connectivity index (χ0n) is 15.3. The molecule has 0 fully saturated rings. The fourth-order valence-electron chi connectivity index (χ4n) is 2.27. The van der Waals surface area contributed by atoms with Crippen LogP contribution in [-0.4, -0.2) is 30.4 Å². The van der Waals surface area contributed by atoms with Gasteiger partial charge in [0.1, 0.15) is 11.4 Å². The van der Waals surface area contributed by atoms with Crippen molar-refractivity contribution in [3.63, 3.8) is 0 Å². The maximum Gasteiger partial charge on any atom is 0.422 e. The van der Waals surface area contributed by atoms with Gasteiger partial charge in [0.2, 0.25) is 5.54 Å². The number of methoxy groups -OCH3 is 1. The highest BCUT2D eigenvalue weighted by Crippen LogP contribution is 2.39. The molecule has 0 saturated carbocycles. The van der Waals surface area contributed by atoms with Gasteiger partial charge in [-0.1, -0.05) is 19.8 Å². The second-order valence-corrected chi connectivity index (χ2v) is 6.86. The van der Waals surface area contributed by atoms with Gasteiger partial charge in [-0.2, -0.15) is 13.2 Å². The van der Waals surface area contributed by atoms with Gasteiger partial charge in [0.25, 0.3) is 0 Å². The van der Waals surface area contributed by atoms with E-state index >= 15 is 0 Å². The van der Waals surface area contributed by atoms with Crippen molar-refractivity contribution in [2.24, 2.45) is 0 Å². The molecule has 0 amide bonds. The number of nitrogens with one attached hydrogen (secondary N) is 1. The summed E-state index contributed by atoms with van der Waals surface area (Å²) >= 11 is 0. The first kappa shape index (κ1) is 21.1. The molecule has 1 unspecified atom stereocenters. The van der Waals surface area contributed by atoms with Gasteiger partial charge in [-0.15, -0.1) is 0 Å². The second kappa shape index (κ2) is 7.97. The first-order valence-electron chi connectivity index (χ1n) is 8.17. The van der Waals surface area contributed by atoms with Crippen molar-refractivity contribution in [1.29, 1.82) is 0 Å². The van der Waals surface area contributed by atoms with Crippen LogP contribution in [0.15, 0.2) is 24.3 Å². The summed E-state index contributed by atoms with van der Waals surface area (Å²) in [5.74, 6) is -0.814. The van der Waals surface area contributed by atoms with Crippen LogP contribution >= 0.6 is 0 Å². The Morgan fingerprint density at radius 2 is 1.68 bits per heavy atom. The van der Waals surface area contributed by atoms with Crippen LogP contribution in [0, 0.1) is 0 Å². The highest BCUT2D eigenvalue weighted by Gasteiger charge is 2.61. The third-order valence-electron chi connectivity index (χ3n) is 3.58. The molecule has 1 atom stereocenters. The summed E-state index contributed by atoms with van der Waals surface area (Å²) in [6.07, 6.45) is -4.48. The Morgan fingerprint density at radius 1 is 1.12 bits per heavy atom. The van der Waals surface area contributed by atoms with Gasteiger partial charge in [0, 0.05) is 5.69 Å². The number of alkyl halides is 3. The van der Waals surface area contributed by atoms with Crippen LogP contribution in [0.4, 0.5) is 18.9 Å². The first-order valence-corrected chi connectivity index (χ1v) is 8.17. The van der Waals surface area contributed by atoms with E-state index in [-0.39, 0.29) is 12.1 Å². The van der Waals surface area contributed by atoms with E-state index in [9.17, 15) is 18.0 Å². The van der Waals surface area contributed by atoms with Crippen molar-refractivity contribution in [1.82, 2.24) is 0 Å². The van der Waals surface area contributed by atoms with Crippen molar-refractivity contribution < 1.29 is 27.4 Å². The van der Waals surface area contributed by atoms with Crippen LogP contribution in [-0.2, 0) is 9.53 Å². The summed E-state index contributed by atoms with van der Waals surface area (Å²) in [7, 11) is 1.46. The molecule has 142 valence electrons. The fourth-order valence-corrected chi connectivity index (χ4v) is 2.27. The number of benzene rings is 1. The summed E-state index contributed by atoms with van der Waals surface area (Å²) < 4.78 is 52.0. The van der Waals surface area contributed by atoms with Crippen molar-refractivity contribution in [2.45, 2.75) is 64.3 Å². The number of carbonyl (C=O) groups excluding carboxylic acids is 1. The summed E-state index contributed by atoms with van der Waals surface area (Å²) in [5.41, 5.74) is -3.66. The van der Waals surface area contributed by atoms with Gasteiger partial charge < -0.3 is 14.8 Å². The minimum Gasteiger partial charge on any atom is -0.497 e. The van der Waals surface area contributed by atoms with E-state index in [4.69, 9.17) is 9.47 Å². The summed E-state index contributed by atoms with van der Waals surface area (Å²) in [4.78, 5) is 12.5. The van der Waals surface area contributed by atoms with E-state index in [2.05, 4.69) is 5.32 Å². The van der Waals surface area contributed by atoms with Crippen LogP contribution in [0.3, 0.4) is 0 Å². The number of hydrogen-bond donors (Lipinski definition) is 1. The highest BCUT2D eigenvalue weighted by molar-refractivity contribution is 5.86. The first-order chi connectivity index (χ1) is 11.4. The summed E-state index contributed by atoms with van der Waals surface area (Å²) in [6, 6.07) is 5.93. The molecule has 0 aliphatic heterocycles. The van der Waals surface area contributed by atoms with Crippen LogP contribution < -0.4 is 10.1 Å². The van der Waals surface area contributed by atoms with E-state index in [0.717, 1.165) is 0 Å². The molecule has 1 rings (SSSR count). The number of carbonyl (C=O) groups is 1. The number of esters is 1. The van der Waals surface area contributed by atoms with E-state index in [1.807, 2.05) is 0 Å². The fraction of sp³-hybridized carbons (Fsp3) is 0.611. The lowest BCUT2D eigenvalue weighted by Gasteiger charge is -2.37. The Kier molecular flexibility index (Phi) is 6.74. The zero-order valence-corrected chi connectivity index (χ0v) is 15.3. The minimum atomic E-state index is -4.82. The number of rotatable bonds is 7. The van der Waals surface area contributed by atoms with Gasteiger partial charge in [-0.05, 0) is 51.5 Å². The Labute approximate surface area is 146 Å². The third-order valence-corrected chi connectivity index (χ3v) is 3.58. The van der Waals surface area contributed by atoms with Gasteiger partial charge in [-0.3, -0.25) is 0 Å². The summed E-state index contributed by atoms with van der Waals surface area (Å²) in [6.45, 7) is 6.39. The molecule has 1 aromatic rings. The molecular weight excluding hydrogens is 335 g/mol. The standard InChI is InChI=1S/C18H26F3NO3/c1-6-7-12-17(18(19,20)21,15(23)25-16(2,3)4)22-13-8-10-14(24-5)11-9-13/h8-11,22H,6-7,12H2,1-5H3. The molecule has 0 aliphatic carbocycles. The maximum atomic E-state index is 14.0. The molecule has 0 aliphatic rings. The quantitative estimate of drug-likeness (QED) is 0.699. The topological polar surface area (TPSA) is 47.6 Å². The Balaban J connectivity index is 3.28. The number of ether oxygens (including phenoxy) is 2. The molecule has 1 aromatic carbocycles. The SMILES string of the molecule is CCCCC(Nc1ccc(OC)cc1)(C(=O)OC(C)(C)C)C(F)(F)F. The molecule has 0 saturated heterocycles. The lowest BCUT2D eigenvalue weighted by molar-refractivity contribution is -0.208. The zero-order chi connectivity index (χ0) is 19.3. The predicted octanol–water partition coefficient (Wildman–Crippen LogP) is 4.94. The molecule has 25 heavy (non-hydrogen) atoms. The molecule has 1 N–H and O–H groups in total. The Bertz CT molecular complexity index is 564. The van der Waals surface area contributed by atoms with Crippen molar-refractivity contribution >= 4 is 11.7 Å². The lowest BCUT2D eigenvalue weighted by atomic mass is 9.90. The maximum absolute atomic E-state index is 14.0. The molecule has 4 nitrogen and oxygen atoms in total. The normalized spacial score (nSPS) is 14.6. The van der Waals surface area contributed by atoms with Crippen LogP contribution in [0.5, 0.6) is 5.75 Å². The number of hydrogen-bond acceptors (Lipinski definition) is 4. The van der Waals surface area contributed by atoms with E-state index in [1.54, 1.807) is 27.7 Å². The average Bonchev–Trinajstić information content (AvgIpc) is 2.49. The molecule has 0 heterocycles. The van der Waals surface area contributed by atoms with Crippen molar-refractivity contribution in [3.05, 3.63) is 24.3 Å². The number of anilines is 1. The van der Waals surface area contributed by atoms with Crippen LogP contribution in [0.1, 0.15) is 47.0 Å². The smallest absolute Gasteiger partial charge is 0.422 e. The van der Waals surface area contributed by atoms with E-state index in [0.29, 0.717) is 12.2 Å².